The van der Waals surface area contributed by atoms with E-state index in [9.17, 15) is 9.59 Å². The van der Waals surface area contributed by atoms with Crippen molar-refractivity contribution in [1.29, 1.82) is 0 Å². The highest BCUT2D eigenvalue weighted by atomic mass is 16.6. The van der Waals surface area contributed by atoms with Crippen LogP contribution in [-0.2, 0) is 29.0 Å². The first-order valence-corrected chi connectivity index (χ1v) is 15.1. The molecule has 0 spiro atoms. The Morgan fingerprint density at radius 3 is 2.02 bits per heavy atom. The Balaban J connectivity index is 1.35. The Labute approximate surface area is 250 Å². The van der Waals surface area contributed by atoms with E-state index in [-0.39, 0.29) is 18.7 Å². The van der Waals surface area contributed by atoms with Crippen molar-refractivity contribution < 1.29 is 19.1 Å². The van der Waals surface area contributed by atoms with Crippen molar-refractivity contribution in [2.45, 2.75) is 77.4 Å². The van der Waals surface area contributed by atoms with Crippen LogP contribution in [0.25, 0.3) is 0 Å². The van der Waals surface area contributed by atoms with Gasteiger partial charge in [-0.15, -0.1) is 0 Å². The first kappa shape index (κ1) is 30.7. The summed E-state index contributed by atoms with van der Waals surface area (Å²) in [7, 11) is 1.33. The van der Waals surface area contributed by atoms with Crippen molar-refractivity contribution in [2.75, 3.05) is 13.7 Å². The predicted octanol–water partition coefficient (Wildman–Crippen LogP) is 7.03. The van der Waals surface area contributed by atoms with Gasteiger partial charge >= 0.3 is 12.0 Å². The molecule has 0 saturated heterocycles. The van der Waals surface area contributed by atoms with Gasteiger partial charge in [-0.2, -0.15) is 0 Å². The number of carbonyl (C=O) groups excluding carboxylic acids is 2. The van der Waals surface area contributed by atoms with Gasteiger partial charge in [-0.25, -0.2) is 9.59 Å². The third kappa shape index (κ3) is 9.69. The molecule has 1 aliphatic carbocycles. The predicted molar refractivity (Wildman–Crippen MR) is 166 cm³/mol. The molecule has 3 aromatic carbocycles. The Kier molecular flexibility index (Phi) is 11.9. The number of urea groups is 1. The van der Waals surface area contributed by atoms with Gasteiger partial charge in [0.25, 0.3) is 0 Å². The van der Waals surface area contributed by atoms with E-state index in [1.54, 1.807) is 12.1 Å². The molecule has 1 fully saturated rings. The minimum absolute atomic E-state index is 0.0563. The van der Waals surface area contributed by atoms with Crippen LogP contribution in [0.5, 0.6) is 5.75 Å². The molecule has 4 rings (SSSR count). The van der Waals surface area contributed by atoms with Gasteiger partial charge in [0.2, 0.25) is 0 Å². The number of methoxy groups -OCH3 is 1. The monoisotopic (exact) mass is 566 g/mol. The van der Waals surface area contributed by atoms with Crippen molar-refractivity contribution >= 4 is 12.0 Å². The van der Waals surface area contributed by atoms with Gasteiger partial charge in [0.05, 0.1) is 7.11 Å². The van der Waals surface area contributed by atoms with Gasteiger partial charge < -0.3 is 19.7 Å². The van der Waals surface area contributed by atoms with Crippen molar-refractivity contribution in [1.82, 2.24) is 10.2 Å². The van der Waals surface area contributed by atoms with Gasteiger partial charge in [-0.1, -0.05) is 80.8 Å². The van der Waals surface area contributed by atoms with Crippen molar-refractivity contribution in [3.05, 3.63) is 101 Å². The number of esters is 1. The quantitative estimate of drug-likeness (QED) is 0.200. The molecular weight excluding hydrogens is 524 g/mol. The molecule has 0 aliphatic heterocycles. The first-order chi connectivity index (χ1) is 20.5. The van der Waals surface area contributed by atoms with E-state index in [0.29, 0.717) is 18.8 Å². The van der Waals surface area contributed by atoms with Crippen molar-refractivity contribution in [2.24, 2.45) is 0 Å². The average molecular weight is 567 g/mol. The molecular formula is C36H42N2O4. The summed E-state index contributed by atoms with van der Waals surface area (Å²) in [5, 5.41) is 3.11. The number of unbranched alkanes of at least 4 members (excludes halogenated alkanes) is 1. The molecule has 1 saturated carbocycles. The highest BCUT2D eigenvalue weighted by molar-refractivity contribution is 5.74. The number of nitrogens with zero attached hydrogens (tertiary/aromatic N) is 1. The van der Waals surface area contributed by atoms with E-state index in [0.717, 1.165) is 54.4 Å². The maximum Gasteiger partial charge on any atom is 0.343 e. The van der Waals surface area contributed by atoms with Gasteiger partial charge in [-0.05, 0) is 78.8 Å². The molecule has 0 atom stereocenters. The lowest BCUT2D eigenvalue weighted by atomic mass is 9.94. The number of aryl methyl sites for hydroxylation is 1. The van der Waals surface area contributed by atoms with E-state index >= 15 is 0 Å². The molecule has 42 heavy (non-hydrogen) atoms. The Hall–Kier alpha value is -4.24. The Bertz CT molecular complexity index is 1330. The number of hydrogen-bond acceptors (Lipinski definition) is 4. The molecule has 0 heterocycles. The third-order valence-electron chi connectivity index (χ3n) is 7.66. The maximum absolute atomic E-state index is 13.4. The smallest absolute Gasteiger partial charge is 0.343 e. The zero-order valence-corrected chi connectivity index (χ0v) is 24.9. The van der Waals surface area contributed by atoms with E-state index in [2.05, 4.69) is 65.2 Å². The molecule has 0 aromatic heterocycles. The molecule has 2 amide bonds. The standard InChI is InChI=1S/C36H42N2O4/c1-3-4-8-28-11-13-29(14-12-28)15-16-30-17-19-32(20-18-30)26-38(33-9-6-5-7-10-33)36(40)37-25-31-21-23-34(24-22-31)42-27-35(39)41-2/h11-14,17-24,33H,3-10,25-27H2,1-2H3,(H,37,40). The summed E-state index contributed by atoms with van der Waals surface area (Å²) >= 11 is 0. The van der Waals surface area contributed by atoms with Gasteiger partial charge in [-0.3, -0.25) is 0 Å². The number of amides is 2. The number of nitrogens with one attached hydrogen (secondary N) is 1. The van der Waals surface area contributed by atoms with Crippen LogP contribution in [0, 0.1) is 11.8 Å². The van der Waals surface area contributed by atoms with E-state index in [1.807, 2.05) is 29.2 Å². The van der Waals surface area contributed by atoms with E-state index < -0.39 is 5.97 Å². The van der Waals surface area contributed by atoms with Gasteiger partial charge in [0.15, 0.2) is 6.61 Å². The number of ether oxygens (including phenoxy) is 2. The fraction of sp³-hybridized carbons (Fsp3) is 0.389. The summed E-state index contributed by atoms with van der Waals surface area (Å²) in [4.78, 5) is 26.7. The number of hydrogen-bond donors (Lipinski definition) is 1. The van der Waals surface area contributed by atoms with Crippen LogP contribution in [0.4, 0.5) is 4.79 Å². The maximum atomic E-state index is 13.4. The van der Waals surface area contributed by atoms with Gasteiger partial charge in [0.1, 0.15) is 5.75 Å². The normalized spacial score (nSPS) is 13.0. The Morgan fingerprint density at radius 2 is 1.43 bits per heavy atom. The van der Waals surface area contributed by atoms with Crippen LogP contribution in [-0.4, -0.2) is 36.7 Å². The summed E-state index contributed by atoms with van der Waals surface area (Å²) < 4.78 is 10.0. The molecule has 1 aliphatic rings. The lowest BCUT2D eigenvalue weighted by molar-refractivity contribution is -0.142. The number of carbonyl (C=O) groups is 2. The van der Waals surface area contributed by atoms with Crippen molar-refractivity contribution in [3.63, 3.8) is 0 Å². The SMILES string of the molecule is CCCCc1ccc(C#Cc2ccc(CN(C(=O)NCc3ccc(OCC(=O)OC)cc3)C3CCCCC3)cc2)cc1. The van der Waals surface area contributed by atoms with E-state index in [4.69, 9.17) is 4.74 Å². The lowest BCUT2D eigenvalue weighted by Crippen LogP contribution is -2.46. The summed E-state index contributed by atoms with van der Waals surface area (Å²) in [5.41, 5.74) is 5.38. The summed E-state index contributed by atoms with van der Waals surface area (Å²) in [5.74, 6) is 6.69. The molecule has 220 valence electrons. The van der Waals surface area contributed by atoms with Crippen LogP contribution in [0.15, 0.2) is 72.8 Å². The molecule has 0 bridgehead atoms. The van der Waals surface area contributed by atoms with Crippen LogP contribution in [0.1, 0.15) is 79.7 Å². The molecule has 0 radical (unpaired) electrons. The Morgan fingerprint density at radius 1 is 0.833 bits per heavy atom. The fourth-order valence-electron chi connectivity index (χ4n) is 5.11. The minimum Gasteiger partial charge on any atom is -0.482 e. The zero-order valence-electron chi connectivity index (χ0n) is 24.9. The second kappa shape index (κ2) is 16.3. The average Bonchev–Trinajstić information content (AvgIpc) is 3.05. The second-order valence-corrected chi connectivity index (χ2v) is 10.8. The highest BCUT2D eigenvalue weighted by Gasteiger charge is 2.25. The van der Waals surface area contributed by atoms with Gasteiger partial charge in [0, 0.05) is 30.3 Å². The lowest BCUT2D eigenvalue weighted by Gasteiger charge is -2.34. The second-order valence-electron chi connectivity index (χ2n) is 10.8. The van der Waals surface area contributed by atoms with Crippen LogP contribution < -0.4 is 10.1 Å². The molecule has 1 N–H and O–H groups in total. The first-order valence-electron chi connectivity index (χ1n) is 15.1. The molecule has 6 heteroatoms. The topological polar surface area (TPSA) is 67.9 Å². The van der Waals surface area contributed by atoms with Crippen LogP contribution in [0.2, 0.25) is 0 Å². The highest BCUT2D eigenvalue weighted by Crippen LogP contribution is 2.24. The molecule has 0 unspecified atom stereocenters. The van der Waals surface area contributed by atoms with Crippen molar-refractivity contribution in [3.8, 4) is 17.6 Å². The fourth-order valence-corrected chi connectivity index (χ4v) is 5.11. The minimum atomic E-state index is -0.431. The zero-order chi connectivity index (χ0) is 29.6. The molecule has 6 nitrogen and oxygen atoms in total. The van der Waals surface area contributed by atoms with E-state index in [1.165, 1.54) is 31.9 Å². The largest absolute Gasteiger partial charge is 0.482 e. The molecule has 3 aromatic rings. The van der Waals surface area contributed by atoms with Crippen LogP contribution in [0.3, 0.4) is 0 Å². The summed E-state index contributed by atoms with van der Waals surface area (Å²) in [6, 6.07) is 24.3. The number of rotatable bonds is 11. The third-order valence-corrected chi connectivity index (χ3v) is 7.66. The summed E-state index contributed by atoms with van der Waals surface area (Å²) in [6.07, 6.45) is 9.11. The summed E-state index contributed by atoms with van der Waals surface area (Å²) in [6.45, 7) is 3.05. The number of benzene rings is 3. The van der Waals surface area contributed by atoms with Crippen LogP contribution >= 0.6 is 0 Å².